The lowest BCUT2D eigenvalue weighted by atomic mass is 10.3. The van der Waals surface area contributed by atoms with Crippen molar-refractivity contribution in [1.82, 2.24) is 10.2 Å². The molecule has 56 valence electrons. The molecule has 1 heterocycles. The van der Waals surface area contributed by atoms with Crippen LogP contribution in [0.4, 0.5) is 0 Å². The Kier molecular flexibility index (Phi) is 2.71. The van der Waals surface area contributed by atoms with Crippen molar-refractivity contribution in [1.29, 1.82) is 0 Å². The second-order valence-corrected chi connectivity index (χ2v) is 3.25. The van der Waals surface area contributed by atoms with Crippen LogP contribution in [0.5, 0.6) is 0 Å². The molecule has 0 aliphatic heterocycles. The predicted octanol–water partition coefficient (Wildman–Crippen LogP) is 2.14. The average molecular weight is 250 g/mol. The van der Waals surface area contributed by atoms with Gasteiger partial charge in [0.15, 0.2) is 0 Å². The first-order valence-corrected chi connectivity index (χ1v) is 4.59. The van der Waals surface area contributed by atoms with Crippen molar-refractivity contribution in [2.45, 2.75) is 26.7 Å². The number of aromatic amines is 1. The van der Waals surface area contributed by atoms with E-state index in [1.807, 2.05) is 0 Å². The van der Waals surface area contributed by atoms with E-state index in [2.05, 4.69) is 46.6 Å². The molecule has 0 saturated heterocycles. The summed E-state index contributed by atoms with van der Waals surface area (Å²) in [5, 5.41) is 7.19. The molecule has 10 heavy (non-hydrogen) atoms. The van der Waals surface area contributed by atoms with Gasteiger partial charge in [-0.3, -0.25) is 5.10 Å². The molecule has 1 N–H and O–H groups in total. The Hall–Kier alpha value is -0.0600. The van der Waals surface area contributed by atoms with Crippen molar-refractivity contribution in [3.63, 3.8) is 0 Å². The number of aryl methyl sites for hydroxylation is 2. The third-order valence-corrected chi connectivity index (χ3v) is 2.81. The summed E-state index contributed by atoms with van der Waals surface area (Å²) < 4.78 is 1.31. The van der Waals surface area contributed by atoms with Gasteiger partial charge in [-0.1, -0.05) is 13.8 Å². The first-order valence-electron chi connectivity index (χ1n) is 3.51. The quantitative estimate of drug-likeness (QED) is 0.800. The Morgan fingerprint density at radius 2 is 2.10 bits per heavy atom. The molecule has 0 fully saturated rings. The summed E-state index contributed by atoms with van der Waals surface area (Å²) in [6.07, 6.45) is 2.07. The molecule has 0 bridgehead atoms. The highest BCUT2D eigenvalue weighted by molar-refractivity contribution is 14.1. The number of halogens is 1. The largest absolute Gasteiger partial charge is 0.281 e. The van der Waals surface area contributed by atoms with Crippen molar-refractivity contribution in [2.24, 2.45) is 0 Å². The number of aromatic nitrogens is 2. The monoisotopic (exact) mass is 250 g/mol. The van der Waals surface area contributed by atoms with E-state index in [9.17, 15) is 0 Å². The number of H-pyrrole nitrogens is 1. The van der Waals surface area contributed by atoms with E-state index in [0.29, 0.717) is 0 Å². The molecule has 0 amide bonds. The lowest BCUT2D eigenvalue weighted by Crippen LogP contribution is -1.84. The van der Waals surface area contributed by atoms with E-state index in [-0.39, 0.29) is 0 Å². The highest BCUT2D eigenvalue weighted by Crippen LogP contribution is 2.14. The lowest BCUT2D eigenvalue weighted by Gasteiger charge is -1.90. The minimum Gasteiger partial charge on any atom is -0.281 e. The molecule has 0 spiro atoms. The van der Waals surface area contributed by atoms with Gasteiger partial charge in [-0.15, -0.1) is 0 Å². The summed E-state index contributed by atoms with van der Waals surface area (Å²) in [5.41, 5.74) is 2.45. The van der Waals surface area contributed by atoms with Crippen molar-refractivity contribution in [3.05, 3.63) is 15.0 Å². The van der Waals surface area contributed by atoms with Crippen molar-refractivity contribution < 1.29 is 0 Å². The van der Waals surface area contributed by atoms with E-state index in [4.69, 9.17) is 0 Å². The normalized spacial score (nSPS) is 10.3. The minimum absolute atomic E-state index is 1.02. The molecule has 0 saturated carbocycles. The smallest absolute Gasteiger partial charge is 0.0755 e. The average Bonchev–Trinajstić information content (AvgIpc) is 2.30. The lowest BCUT2D eigenvalue weighted by molar-refractivity contribution is 0.936. The molecule has 0 aliphatic carbocycles. The molecule has 0 aromatic carbocycles. The third-order valence-electron chi connectivity index (χ3n) is 1.53. The van der Waals surface area contributed by atoms with Gasteiger partial charge in [0.1, 0.15) is 0 Å². The van der Waals surface area contributed by atoms with Crippen LogP contribution in [0, 0.1) is 3.57 Å². The number of hydrogen-bond donors (Lipinski definition) is 1. The van der Waals surface area contributed by atoms with Crippen LogP contribution in [0.2, 0.25) is 0 Å². The van der Waals surface area contributed by atoms with Crippen molar-refractivity contribution in [2.75, 3.05) is 0 Å². The maximum Gasteiger partial charge on any atom is 0.0755 e. The van der Waals surface area contributed by atoms with E-state index in [1.54, 1.807) is 0 Å². The summed E-state index contributed by atoms with van der Waals surface area (Å²) in [6.45, 7) is 4.26. The SMILES string of the molecule is CCc1n[nH]c(CC)c1I. The van der Waals surface area contributed by atoms with Gasteiger partial charge in [0, 0.05) is 5.69 Å². The summed E-state index contributed by atoms with van der Waals surface area (Å²) in [5.74, 6) is 0. The first-order chi connectivity index (χ1) is 4.79. The summed E-state index contributed by atoms with van der Waals surface area (Å²) in [6, 6.07) is 0. The molecular formula is C7H11IN2. The first kappa shape index (κ1) is 8.04. The molecule has 2 nitrogen and oxygen atoms in total. The Balaban J connectivity index is 2.97. The van der Waals surface area contributed by atoms with Gasteiger partial charge >= 0.3 is 0 Å². The standard InChI is InChI=1S/C7H11IN2/c1-3-5-7(8)6(4-2)10-9-5/h3-4H2,1-2H3,(H,9,10). The predicted molar refractivity (Wildman–Crippen MR) is 50.1 cm³/mol. The summed E-state index contributed by atoms with van der Waals surface area (Å²) in [7, 11) is 0. The topological polar surface area (TPSA) is 28.7 Å². The third kappa shape index (κ3) is 1.33. The van der Waals surface area contributed by atoms with E-state index >= 15 is 0 Å². The molecule has 1 aromatic heterocycles. The van der Waals surface area contributed by atoms with Gasteiger partial charge in [0.2, 0.25) is 0 Å². The van der Waals surface area contributed by atoms with Gasteiger partial charge in [-0.25, -0.2) is 0 Å². The number of nitrogens with one attached hydrogen (secondary N) is 1. The molecule has 0 unspecified atom stereocenters. The number of nitrogens with zero attached hydrogens (tertiary/aromatic N) is 1. The van der Waals surface area contributed by atoms with Crippen LogP contribution in [0.3, 0.4) is 0 Å². The molecule has 1 rings (SSSR count). The van der Waals surface area contributed by atoms with Crippen LogP contribution in [0.25, 0.3) is 0 Å². The fraction of sp³-hybridized carbons (Fsp3) is 0.571. The Bertz CT molecular complexity index is 196. The van der Waals surface area contributed by atoms with Gasteiger partial charge in [-0.05, 0) is 35.4 Å². The Morgan fingerprint density at radius 3 is 2.40 bits per heavy atom. The molecule has 1 aromatic rings. The number of hydrogen-bond acceptors (Lipinski definition) is 1. The highest BCUT2D eigenvalue weighted by Gasteiger charge is 2.05. The fourth-order valence-corrected chi connectivity index (χ4v) is 1.88. The Labute approximate surface area is 74.6 Å². The van der Waals surface area contributed by atoms with Crippen molar-refractivity contribution >= 4 is 22.6 Å². The van der Waals surface area contributed by atoms with Gasteiger partial charge < -0.3 is 0 Å². The molecule has 0 radical (unpaired) electrons. The van der Waals surface area contributed by atoms with Gasteiger partial charge in [0.25, 0.3) is 0 Å². The van der Waals surface area contributed by atoms with E-state index < -0.39 is 0 Å². The van der Waals surface area contributed by atoms with Crippen LogP contribution in [0.15, 0.2) is 0 Å². The highest BCUT2D eigenvalue weighted by atomic mass is 127. The van der Waals surface area contributed by atoms with Crippen molar-refractivity contribution in [3.8, 4) is 0 Å². The number of rotatable bonds is 2. The zero-order valence-electron chi connectivity index (χ0n) is 6.24. The second-order valence-electron chi connectivity index (χ2n) is 2.17. The summed E-state index contributed by atoms with van der Waals surface area (Å²) in [4.78, 5) is 0. The molecule has 0 aliphatic rings. The maximum atomic E-state index is 4.17. The molecule has 0 atom stereocenters. The van der Waals surface area contributed by atoms with Gasteiger partial charge in [0.05, 0.1) is 9.26 Å². The Morgan fingerprint density at radius 1 is 1.40 bits per heavy atom. The van der Waals surface area contributed by atoms with Crippen LogP contribution >= 0.6 is 22.6 Å². The molecular weight excluding hydrogens is 239 g/mol. The van der Waals surface area contributed by atoms with E-state index in [0.717, 1.165) is 12.8 Å². The zero-order chi connectivity index (χ0) is 7.56. The minimum atomic E-state index is 1.02. The van der Waals surface area contributed by atoms with Gasteiger partial charge in [-0.2, -0.15) is 5.10 Å². The fourth-order valence-electron chi connectivity index (χ4n) is 0.876. The van der Waals surface area contributed by atoms with E-state index in [1.165, 1.54) is 15.0 Å². The van der Waals surface area contributed by atoms with Crippen LogP contribution < -0.4 is 0 Å². The van der Waals surface area contributed by atoms with Crippen LogP contribution in [0.1, 0.15) is 25.2 Å². The summed E-state index contributed by atoms with van der Waals surface area (Å²) >= 11 is 2.34. The zero-order valence-corrected chi connectivity index (χ0v) is 8.40. The molecule has 3 heteroatoms. The maximum absolute atomic E-state index is 4.17. The van der Waals surface area contributed by atoms with Crippen LogP contribution in [-0.2, 0) is 12.8 Å². The van der Waals surface area contributed by atoms with Crippen LogP contribution in [-0.4, -0.2) is 10.2 Å². The second kappa shape index (κ2) is 3.37.